The van der Waals surface area contributed by atoms with Crippen LogP contribution in [0.3, 0.4) is 0 Å². The molecule has 0 aliphatic heterocycles. The third-order valence-electron chi connectivity index (χ3n) is 3.02. The molecule has 3 heteroatoms. The monoisotopic (exact) mass is 228 g/mol. The Hall–Kier alpha value is -0.830. The van der Waals surface area contributed by atoms with Gasteiger partial charge in [0.25, 0.3) is 0 Å². The molecule has 0 bridgehead atoms. The number of carbonyl (C=O) groups is 1. The third-order valence-corrected chi connectivity index (χ3v) is 3.02. The van der Waals surface area contributed by atoms with Gasteiger partial charge < -0.3 is 9.84 Å². The second-order valence-corrected chi connectivity index (χ2v) is 4.39. The zero-order valence-electron chi connectivity index (χ0n) is 10.8. The normalized spacial score (nSPS) is 16.3. The largest absolute Gasteiger partial charge is 0.458 e. The first kappa shape index (κ1) is 15.2. The van der Waals surface area contributed by atoms with E-state index in [0.29, 0.717) is 5.57 Å². The molecule has 16 heavy (non-hydrogen) atoms. The maximum absolute atomic E-state index is 11.5. The van der Waals surface area contributed by atoms with Crippen LogP contribution in [0.5, 0.6) is 0 Å². The maximum atomic E-state index is 11.5. The quantitative estimate of drug-likeness (QED) is 0.538. The van der Waals surface area contributed by atoms with Crippen LogP contribution in [0.25, 0.3) is 0 Å². The molecule has 3 atom stereocenters. The van der Waals surface area contributed by atoms with E-state index in [9.17, 15) is 9.90 Å². The van der Waals surface area contributed by atoms with Crippen molar-refractivity contribution in [2.24, 2.45) is 11.8 Å². The van der Waals surface area contributed by atoms with Crippen LogP contribution in [0.2, 0.25) is 0 Å². The van der Waals surface area contributed by atoms with Crippen LogP contribution in [-0.2, 0) is 9.53 Å². The molecule has 0 aliphatic rings. The Labute approximate surface area is 98.5 Å². The Bertz CT molecular complexity index is 231. The lowest BCUT2D eigenvalue weighted by Crippen LogP contribution is -2.34. The van der Waals surface area contributed by atoms with Gasteiger partial charge in [-0.15, -0.1) is 0 Å². The van der Waals surface area contributed by atoms with Crippen LogP contribution in [0, 0.1) is 11.8 Å². The van der Waals surface area contributed by atoms with Gasteiger partial charge in [-0.05, 0) is 19.3 Å². The Morgan fingerprint density at radius 2 is 1.94 bits per heavy atom. The van der Waals surface area contributed by atoms with Crippen molar-refractivity contribution in [2.45, 2.75) is 46.6 Å². The van der Waals surface area contributed by atoms with E-state index in [1.807, 2.05) is 13.8 Å². The van der Waals surface area contributed by atoms with Crippen LogP contribution in [0.1, 0.15) is 40.5 Å². The molecule has 0 aromatic rings. The van der Waals surface area contributed by atoms with Gasteiger partial charge in [-0.25, -0.2) is 4.79 Å². The summed E-state index contributed by atoms with van der Waals surface area (Å²) >= 11 is 0. The second kappa shape index (κ2) is 7.44. The average molecular weight is 228 g/mol. The first-order valence-electron chi connectivity index (χ1n) is 5.95. The van der Waals surface area contributed by atoms with Crippen molar-refractivity contribution in [2.75, 3.05) is 6.61 Å². The van der Waals surface area contributed by atoms with Gasteiger partial charge >= 0.3 is 5.97 Å². The fourth-order valence-corrected chi connectivity index (χ4v) is 1.60. The predicted octanol–water partition coefficient (Wildman–Crippen LogP) is 2.54. The van der Waals surface area contributed by atoms with Gasteiger partial charge in [-0.3, -0.25) is 0 Å². The zero-order valence-corrected chi connectivity index (χ0v) is 10.8. The van der Waals surface area contributed by atoms with Crippen LogP contribution in [0.4, 0.5) is 0 Å². The zero-order chi connectivity index (χ0) is 12.7. The second-order valence-electron chi connectivity index (χ2n) is 4.39. The van der Waals surface area contributed by atoms with Gasteiger partial charge in [0.05, 0.1) is 0 Å². The SMILES string of the molecule is C=C(C)C(=O)OC(C(C)CC)C(CC)CO. The molecule has 0 aliphatic carbocycles. The maximum Gasteiger partial charge on any atom is 0.333 e. The first-order valence-corrected chi connectivity index (χ1v) is 5.95. The van der Waals surface area contributed by atoms with Crippen molar-refractivity contribution in [3.05, 3.63) is 12.2 Å². The third kappa shape index (κ3) is 4.35. The molecular weight excluding hydrogens is 204 g/mol. The lowest BCUT2D eigenvalue weighted by molar-refractivity contribution is -0.151. The molecule has 0 amide bonds. The van der Waals surface area contributed by atoms with E-state index >= 15 is 0 Å². The van der Waals surface area contributed by atoms with Gasteiger partial charge in [-0.2, -0.15) is 0 Å². The number of hydrogen-bond acceptors (Lipinski definition) is 3. The summed E-state index contributed by atoms with van der Waals surface area (Å²) in [5.41, 5.74) is 0.404. The molecule has 0 fully saturated rings. The highest BCUT2D eigenvalue weighted by Crippen LogP contribution is 2.23. The topological polar surface area (TPSA) is 46.5 Å². The molecule has 0 aromatic carbocycles. The summed E-state index contributed by atoms with van der Waals surface area (Å²) in [4.78, 5) is 11.5. The van der Waals surface area contributed by atoms with Gasteiger partial charge in [-0.1, -0.05) is 33.8 Å². The molecule has 94 valence electrons. The smallest absolute Gasteiger partial charge is 0.333 e. The highest BCUT2D eigenvalue weighted by molar-refractivity contribution is 5.87. The lowest BCUT2D eigenvalue weighted by Gasteiger charge is -2.29. The van der Waals surface area contributed by atoms with E-state index in [0.717, 1.165) is 12.8 Å². The van der Waals surface area contributed by atoms with Crippen LogP contribution in [-0.4, -0.2) is 23.8 Å². The van der Waals surface area contributed by atoms with Crippen molar-refractivity contribution < 1.29 is 14.6 Å². The van der Waals surface area contributed by atoms with Crippen LogP contribution < -0.4 is 0 Å². The average Bonchev–Trinajstić information content (AvgIpc) is 2.27. The molecule has 3 nitrogen and oxygen atoms in total. The molecule has 0 heterocycles. The fraction of sp³-hybridized carbons (Fsp3) is 0.769. The van der Waals surface area contributed by atoms with Gasteiger partial charge in [0.15, 0.2) is 0 Å². The number of aliphatic hydroxyl groups is 1. The highest BCUT2D eigenvalue weighted by atomic mass is 16.5. The number of aliphatic hydroxyl groups excluding tert-OH is 1. The molecule has 3 unspecified atom stereocenters. The van der Waals surface area contributed by atoms with Crippen molar-refractivity contribution in [3.63, 3.8) is 0 Å². The first-order chi connectivity index (χ1) is 7.47. The molecule has 0 spiro atoms. The summed E-state index contributed by atoms with van der Waals surface area (Å²) < 4.78 is 5.41. The highest BCUT2D eigenvalue weighted by Gasteiger charge is 2.28. The summed E-state index contributed by atoms with van der Waals surface area (Å²) in [6, 6.07) is 0. The Balaban J connectivity index is 4.66. The van der Waals surface area contributed by atoms with E-state index in [1.54, 1.807) is 6.92 Å². The van der Waals surface area contributed by atoms with E-state index < -0.39 is 0 Å². The van der Waals surface area contributed by atoms with Crippen molar-refractivity contribution in [1.29, 1.82) is 0 Å². The molecule has 0 saturated heterocycles. The summed E-state index contributed by atoms with van der Waals surface area (Å²) in [5, 5.41) is 9.28. The van der Waals surface area contributed by atoms with Crippen LogP contribution in [0.15, 0.2) is 12.2 Å². The summed E-state index contributed by atoms with van der Waals surface area (Å²) in [5.74, 6) is -0.101. The summed E-state index contributed by atoms with van der Waals surface area (Å²) in [6.07, 6.45) is 1.50. The molecule has 0 rings (SSSR count). The van der Waals surface area contributed by atoms with Gasteiger partial charge in [0, 0.05) is 18.1 Å². The van der Waals surface area contributed by atoms with Gasteiger partial charge in [0.2, 0.25) is 0 Å². The number of ether oxygens (including phenoxy) is 1. The lowest BCUT2D eigenvalue weighted by atomic mass is 9.89. The van der Waals surface area contributed by atoms with E-state index in [4.69, 9.17) is 4.74 Å². The predicted molar refractivity (Wildman–Crippen MR) is 65.0 cm³/mol. The fourth-order valence-electron chi connectivity index (χ4n) is 1.60. The van der Waals surface area contributed by atoms with Crippen LogP contribution >= 0.6 is 0 Å². The van der Waals surface area contributed by atoms with E-state index in [-0.39, 0.29) is 30.5 Å². The minimum absolute atomic E-state index is 0.0123. The molecule has 1 N–H and O–H groups in total. The van der Waals surface area contributed by atoms with E-state index in [1.165, 1.54) is 0 Å². The number of esters is 1. The van der Waals surface area contributed by atoms with Crippen molar-refractivity contribution in [3.8, 4) is 0 Å². The molecule has 0 aromatic heterocycles. The van der Waals surface area contributed by atoms with E-state index in [2.05, 4.69) is 13.5 Å². The Morgan fingerprint density at radius 3 is 2.25 bits per heavy atom. The number of carbonyl (C=O) groups excluding carboxylic acids is 1. The minimum atomic E-state index is -0.364. The summed E-state index contributed by atoms with van der Waals surface area (Å²) in [6.45, 7) is 11.3. The Kier molecular flexibility index (Phi) is 7.06. The number of rotatable bonds is 7. The molecule has 0 radical (unpaired) electrons. The molecule has 0 saturated carbocycles. The van der Waals surface area contributed by atoms with Crippen molar-refractivity contribution >= 4 is 5.97 Å². The molecular formula is C13H24O3. The standard InChI is InChI=1S/C13H24O3/c1-6-10(5)12(11(7-2)8-14)16-13(15)9(3)4/h10-12,14H,3,6-8H2,1-2,4-5H3. The minimum Gasteiger partial charge on any atom is -0.458 e. The number of hydrogen-bond donors (Lipinski definition) is 1. The van der Waals surface area contributed by atoms with Crippen molar-refractivity contribution in [1.82, 2.24) is 0 Å². The summed E-state index contributed by atoms with van der Waals surface area (Å²) in [7, 11) is 0. The Morgan fingerprint density at radius 1 is 1.38 bits per heavy atom. The van der Waals surface area contributed by atoms with Gasteiger partial charge in [0.1, 0.15) is 6.10 Å².